The second-order valence-electron chi connectivity index (χ2n) is 5.98. The van der Waals surface area contributed by atoms with Crippen LogP contribution in [0.4, 0.5) is 5.69 Å². The average molecular weight is 352 g/mol. The zero-order valence-corrected chi connectivity index (χ0v) is 15.3. The maximum absolute atomic E-state index is 5.31. The summed E-state index contributed by atoms with van der Waals surface area (Å²) < 4.78 is 5.27. The maximum Gasteiger partial charge on any atom is 0.246 e. The van der Waals surface area contributed by atoms with Crippen molar-refractivity contribution in [3.05, 3.63) is 65.0 Å². The van der Waals surface area contributed by atoms with Crippen LogP contribution in [0, 0.1) is 20.8 Å². The van der Waals surface area contributed by atoms with Crippen LogP contribution in [0.3, 0.4) is 0 Å². The Labute approximate surface area is 152 Å². The van der Waals surface area contributed by atoms with E-state index in [0.29, 0.717) is 23.4 Å². The smallest absolute Gasteiger partial charge is 0.246 e. The van der Waals surface area contributed by atoms with Gasteiger partial charge in [-0.3, -0.25) is 0 Å². The molecule has 0 aliphatic carbocycles. The van der Waals surface area contributed by atoms with Gasteiger partial charge in [-0.15, -0.1) is 0 Å². The molecule has 0 atom stereocenters. The van der Waals surface area contributed by atoms with Crippen LogP contribution < -0.4 is 10.6 Å². The van der Waals surface area contributed by atoms with Crippen LogP contribution in [0.1, 0.15) is 22.6 Å². The van der Waals surface area contributed by atoms with Gasteiger partial charge < -0.3 is 15.2 Å². The van der Waals surface area contributed by atoms with Crippen LogP contribution in [-0.2, 0) is 6.54 Å². The number of anilines is 1. The Morgan fingerprint density at radius 3 is 2.52 bits per heavy atom. The van der Waals surface area contributed by atoms with Gasteiger partial charge in [0.2, 0.25) is 11.7 Å². The maximum atomic E-state index is 5.31. The first-order chi connectivity index (χ1) is 12.0. The summed E-state index contributed by atoms with van der Waals surface area (Å²) in [5.74, 6) is 1.06. The Balaban J connectivity index is 1.57. The molecule has 25 heavy (non-hydrogen) atoms. The highest BCUT2D eigenvalue weighted by atomic mass is 32.1. The third kappa shape index (κ3) is 4.42. The quantitative estimate of drug-likeness (QED) is 0.688. The lowest BCUT2D eigenvalue weighted by molar-refractivity contribution is 0.376. The number of hydrogen-bond donors (Lipinski definition) is 2. The molecule has 0 aliphatic rings. The molecule has 128 valence electrons. The minimum atomic E-state index is 0.371. The summed E-state index contributed by atoms with van der Waals surface area (Å²) in [6, 6.07) is 14.1. The molecule has 0 amide bonds. The minimum absolute atomic E-state index is 0.371. The van der Waals surface area contributed by atoms with Crippen LogP contribution >= 0.6 is 12.2 Å². The number of benzene rings is 2. The fourth-order valence-electron chi connectivity index (χ4n) is 2.30. The molecule has 3 rings (SSSR count). The molecule has 0 bridgehead atoms. The van der Waals surface area contributed by atoms with Gasteiger partial charge in [0.1, 0.15) is 0 Å². The summed E-state index contributed by atoms with van der Waals surface area (Å²) in [7, 11) is 0. The lowest BCUT2D eigenvalue weighted by Crippen LogP contribution is -2.28. The predicted octanol–water partition coefficient (Wildman–Crippen LogP) is 4.15. The first-order valence-corrected chi connectivity index (χ1v) is 8.44. The van der Waals surface area contributed by atoms with Crippen LogP contribution in [0.25, 0.3) is 11.4 Å². The topological polar surface area (TPSA) is 63.0 Å². The van der Waals surface area contributed by atoms with Crippen LogP contribution in [0.2, 0.25) is 0 Å². The van der Waals surface area contributed by atoms with Gasteiger partial charge in [-0.1, -0.05) is 41.1 Å². The first-order valence-electron chi connectivity index (χ1n) is 8.03. The fourth-order valence-corrected chi connectivity index (χ4v) is 2.49. The molecule has 2 N–H and O–H groups in total. The SMILES string of the molecule is Cc1ccc(-c2noc(CNC(=S)Nc3ccc(C)c(C)c3)n2)cc1. The van der Waals surface area contributed by atoms with E-state index in [-0.39, 0.29) is 0 Å². The summed E-state index contributed by atoms with van der Waals surface area (Å²) in [4.78, 5) is 4.39. The molecular formula is C19H20N4OS. The van der Waals surface area contributed by atoms with Crippen molar-refractivity contribution in [3.8, 4) is 11.4 Å². The summed E-state index contributed by atoms with van der Waals surface area (Å²) in [5.41, 5.74) is 5.53. The number of aromatic nitrogens is 2. The molecule has 1 aromatic heterocycles. The predicted molar refractivity (Wildman–Crippen MR) is 103 cm³/mol. The highest BCUT2D eigenvalue weighted by Crippen LogP contribution is 2.16. The second kappa shape index (κ2) is 7.44. The van der Waals surface area contributed by atoms with E-state index in [9.17, 15) is 0 Å². The van der Waals surface area contributed by atoms with E-state index < -0.39 is 0 Å². The van der Waals surface area contributed by atoms with Crippen molar-refractivity contribution >= 4 is 23.0 Å². The zero-order chi connectivity index (χ0) is 17.8. The Kier molecular flexibility index (Phi) is 5.09. The highest BCUT2D eigenvalue weighted by molar-refractivity contribution is 7.80. The average Bonchev–Trinajstić information content (AvgIpc) is 3.06. The Bertz CT molecular complexity index is 887. The lowest BCUT2D eigenvalue weighted by Gasteiger charge is -2.10. The molecule has 5 nitrogen and oxygen atoms in total. The van der Waals surface area contributed by atoms with Crippen molar-refractivity contribution in [1.29, 1.82) is 0 Å². The number of aryl methyl sites for hydroxylation is 3. The molecular weight excluding hydrogens is 332 g/mol. The molecule has 0 fully saturated rings. The molecule has 0 saturated carbocycles. The van der Waals surface area contributed by atoms with Gasteiger partial charge in [0.25, 0.3) is 0 Å². The zero-order valence-electron chi connectivity index (χ0n) is 14.5. The molecule has 6 heteroatoms. The number of rotatable bonds is 4. The van der Waals surface area contributed by atoms with Crippen molar-refractivity contribution in [3.63, 3.8) is 0 Å². The van der Waals surface area contributed by atoms with Crippen LogP contribution in [0.5, 0.6) is 0 Å². The van der Waals surface area contributed by atoms with Crippen LogP contribution in [-0.4, -0.2) is 15.3 Å². The molecule has 0 radical (unpaired) electrons. The van der Waals surface area contributed by atoms with E-state index in [1.54, 1.807) is 0 Å². The third-order valence-corrected chi connectivity index (χ3v) is 4.19. The summed E-state index contributed by atoms with van der Waals surface area (Å²) in [5, 5.41) is 10.8. The van der Waals surface area contributed by atoms with Gasteiger partial charge in [0.05, 0.1) is 6.54 Å². The largest absolute Gasteiger partial charge is 0.353 e. The Hall–Kier alpha value is -2.73. The standard InChI is InChI=1S/C19H20N4OS/c1-12-4-7-15(8-5-12)18-22-17(24-23-18)11-20-19(25)21-16-9-6-13(2)14(3)10-16/h4-10H,11H2,1-3H3,(H2,20,21,25). The van der Waals surface area contributed by atoms with Crippen molar-refractivity contribution in [2.75, 3.05) is 5.32 Å². The molecule has 3 aromatic rings. The van der Waals surface area contributed by atoms with Gasteiger partial charge in [-0.25, -0.2) is 0 Å². The van der Waals surface area contributed by atoms with E-state index in [4.69, 9.17) is 16.7 Å². The van der Waals surface area contributed by atoms with Crippen molar-refractivity contribution in [1.82, 2.24) is 15.5 Å². The summed E-state index contributed by atoms with van der Waals surface area (Å²) in [6.07, 6.45) is 0. The van der Waals surface area contributed by atoms with Gasteiger partial charge in [0.15, 0.2) is 5.11 Å². The molecule has 0 unspecified atom stereocenters. The van der Waals surface area contributed by atoms with Crippen molar-refractivity contribution in [2.24, 2.45) is 0 Å². The first kappa shape index (κ1) is 17.1. The number of thiocarbonyl (C=S) groups is 1. The third-order valence-electron chi connectivity index (χ3n) is 3.94. The molecule has 1 heterocycles. The van der Waals surface area contributed by atoms with E-state index in [0.717, 1.165) is 11.3 Å². The summed E-state index contributed by atoms with van der Waals surface area (Å²) in [6.45, 7) is 6.56. The van der Waals surface area contributed by atoms with Gasteiger partial charge in [-0.05, 0) is 56.2 Å². The minimum Gasteiger partial charge on any atom is -0.353 e. The summed E-state index contributed by atoms with van der Waals surface area (Å²) >= 11 is 5.31. The lowest BCUT2D eigenvalue weighted by atomic mass is 10.1. The molecule has 0 aliphatic heterocycles. The van der Waals surface area contributed by atoms with E-state index >= 15 is 0 Å². The molecule has 0 saturated heterocycles. The number of nitrogens with one attached hydrogen (secondary N) is 2. The van der Waals surface area contributed by atoms with Crippen molar-refractivity contribution < 1.29 is 4.52 Å². The van der Waals surface area contributed by atoms with Gasteiger partial charge in [-0.2, -0.15) is 4.98 Å². The molecule has 0 spiro atoms. The fraction of sp³-hybridized carbons (Fsp3) is 0.211. The Morgan fingerprint density at radius 1 is 1.04 bits per heavy atom. The van der Waals surface area contributed by atoms with E-state index in [2.05, 4.69) is 46.8 Å². The number of nitrogens with zero attached hydrogens (tertiary/aromatic N) is 2. The number of hydrogen-bond acceptors (Lipinski definition) is 4. The normalized spacial score (nSPS) is 10.5. The molecule has 2 aromatic carbocycles. The monoisotopic (exact) mass is 352 g/mol. The highest BCUT2D eigenvalue weighted by Gasteiger charge is 2.09. The van der Waals surface area contributed by atoms with Crippen LogP contribution in [0.15, 0.2) is 47.0 Å². The Morgan fingerprint density at radius 2 is 1.80 bits per heavy atom. The van der Waals surface area contributed by atoms with E-state index in [1.165, 1.54) is 16.7 Å². The van der Waals surface area contributed by atoms with E-state index in [1.807, 2.05) is 37.3 Å². The van der Waals surface area contributed by atoms with Gasteiger partial charge in [0, 0.05) is 11.3 Å². The van der Waals surface area contributed by atoms with Crippen molar-refractivity contribution in [2.45, 2.75) is 27.3 Å². The second-order valence-corrected chi connectivity index (χ2v) is 6.39. The van der Waals surface area contributed by atoms with Gasteiger partial charge >= 0.3 is 0 Å².